The Hall–Kier alpha value is -1.60. The maximum absolute atomic E-state index is 13.4. The van der Waals surface area contributed by atoms with Crippen molar-refractivity contribution in [3.05, 3.63) is 35.6 Å². The Balaban J connectivity index is 1.89. The monoisotopic (exact) mass is 340 g/mol. The molecule has 1 aromatic rings. The second kappa shape index (κ2) is 8.31. The highest BCUT2D eigenvalue weighted by atomic mass is 32.2. The second-order valence-corrected chi connectivity index (χ2v) is 6.93. The van der Waals surface area contributed by atoms with Gasteiger partial charge < -0.3 is 15.1 Å². The number of halogens is 1. The number of carbonyl (C=O) groups excluding carboxylic acids is 2. The van der Waals surface area contributed by atoms with Gasteiger partial charge in [-0.05, 0) is 17.7 Å². The topological polar surface area (TPSA) is 53.9 Å². The van der Waals surface area contributed by atoms with E-state index in [1.807, 2.05) is 20.2 Å². The molecule has 1 atom stereocenters. The van der Waals surface area contributed by atoms with Crippen LogP contribution in [0.25, 0.3) is 0 Å². The van der Waals surface area contributed by atoms with Crippen LogP contribution in [0.15, 0.2) is 24.3 Å². The fourth-order valence-corrected chi connectivity index (χ4v) is 3.60. The van der Waals surface area contributed by atoms with Crippen LogP contribution in [0, 0.1) is 5.82 Å². The number of hydrogen-bond acceptors (Lipinski definition) is 3. The molecule has 7 heteroatoms. The Morgan fingerprint density at radius 2 is 2.26 bits per heavy atom. The lowest BCUT2D eigenvalue weighted by atomic mass is 10.2. The molecule has 23 heavy (non-hydrogen) atoms. The Kier molecular flexibility index (Phi) is 6.41. The third-order valence-corrected chi connectivity index (χ3v) is 4.88. The van der Waals surface area contributed by atoms with Crippen LogP contribution in [0.5, 0.6) is 0 Å². The third-order valence-electron chi connectivity index (χ3n) is 3.63. The maximum Gasteiger partial charge on any atom is 0.233 e. The SMILES string of the molecule is C[NH+](C)CCNC(=O)CCN1C(=O)CS[C@@H]1c1cccc(F)c1. The van der Waals surface area contributed by atoms with Crippen LogP contribution in [0.1, 0.15) is 17.4 Å². The quantitative estimate of drug-likeness (QED) is 0.738. The molecule has 1 saturated heterocycles. The zero-order valence-corrected chi connectivity index (χ0v) is 14.3. The number of amides is 2. The van der Waals surface area contributed by atoms with E-state index in [1.54, 1.807) is 11.0 Å². The summed E-state index contributed by atoms with van der Waals surface area (Å²) in [6.07, 6.45) is 0.265. The molecule has 0 saturated carbocycles. The Labute approximate surface area is 140 Å². The normalized spacial score (nSPS) is 17.8. The third kappa shape index (κ3) is 5.21. The highest BCUT2D eigenvalue weighted by molar-refractivity contribution is 8.00. The van der Waals surface area contributed by atoms with E-state index in [1.165, 1.54) is 28.8 Å². The van der Waals surface area contributed by atoms with Crippen LogP contribution < -0.4 is 10.2 Å². The molecular formula is C16H23FN3O2S+. The van der Waals surface area contributed by atoms with Crippen LogP contribution >= 0.6 is 11.8 Å². The standard InChI is InChI=1S/C16H22FN3O2S/c1-19(2)9-7-18-14(21)6-8-20-15(22)11-23-16(20)12-4-3-5-13(17)10-12/h3-5,10,16H,6-9,11H2,1-2H3,(H,18,21)/p+1/t16-/m1/s1. The molecule has 126 valence electrons. The summed E-state index contributed by atoms with van der Waals surface area (Å²) in [6, 6.07) is 6.29. The van der Waals surface area contributed by atoms with E-state index in [9.17, 15) is 14.0 Å². The summed E-state index contributed by atoms with van der Waals surface area (Å²) in [5.41, 5.74) is 0.762. The van der Waals surface area contributed by atoms with Crippen LogP contribution in [0.2, 0.25) is 0 Å². The first kappa shape index (κ1) is 17.7. The minimum absolute atomic E-state index is 0.00482. The predicted molar refractivity (Wildman–Crippen MR) is 88.6 cm³/mol. The van der Waals surface area contributed by atoms with Crippen molar-refractivity contribution in [2.45, 2.75) is 11.8 Å². The van der Waals surface area contributed by atoms with Gasteiger partial charge in [-0.15, -0.1) is 11.8 Å². The molecule has 0 radical (unpaired) electrons. The van der Waals surface area contributed by atoms with Crippen LogP contribution in [-0.2, 0) is 9.59 Å². The van der Waals surface area contributed by atoms with E-state index in [0.717, 1.165) is 12.1 Å². The Morgan fingerprint density at radius 1 is 1.48 bits per heavy atom. The lowest BCUT2D eigenvalue weighted by Gasteiger charge is -2.24. The zero-order valence-electron chi connectivity index (χ0n) is 13.5. The van der Waals surface area contributed by atoms with Gasteiger partial charge in [-0.1, -0.05) is 12.1 Å². The molecule has 1 aliphatic heterocycles. The molecule has 2 amide bonds. The van der Waals surface area contributed by atoms with Crippen LogP contribution in [0.4, 0.5) is 4.39 Å². The fourth-order valence-electron chi connectivity index (χ4n) is 2.39. The highest BCUT2D eigenvalue weighted by Crippen LogP contribution is 2.38. The fraction of sp³-hybridized carbons (Fsp3) is 0.500. The average Bonchev–Trinajstić information content (AvgIpc) is 2.86. The summed E-state index contributed by atoms with van der Waals surface area (Å²) in [5.74, 6) is -0.0117. The molecule has 0 spiro atoms. The number of nitrogens with one attached hydrogen (secondary N) is 2. The molecule has 0 aliphatic carbocycles. The number of benzene rings is 1. The lowest BCUT2D eigenvalue weighted by Crippen LogP contribution is -3.06. The lowest BCUT2D eigenvalue weighted by molar-refractivity contribution is -0.856. The van der Waals surface area contributed by atoms with E-state index in [2.05, 4.69) is 5.32 Å². The minimum atomic E-state index is -0.314. The van der Waals surface area contributed by atoms with Crippen LogP contribution in [-0.4, -0.2) is 56.2 Å². The summed E-state index contributed by atoms with van der Waals surface area (Å²) in [4.78, 5) is 26.8. The molecular weight excluding hydrogens is 317 g/mol. The van der Waals surface area contributed by atoms with Gasteiger partial charge in [-0.2, -0.15) is 0 Å². The highest BCUT2D eigenvalue weighted by Gasteiger charge is 2.32. The molecule has 5 nitrogen and oxygen atoms in total. The number of likely N-dealkylation sites (N-methyl/N-ethyl adjacent to an activating group) is 1. The van der Waals surface area contributed by atoms with Gasteiger partial charge in [0.05, 0.1) is 32.9 Å². The number of rotatable bonds is 7. The van der Waals surface area contributed by atoms with E-state index in [0.29, 0.717) is 18.8 Å². The van der Waals surface area contributed by atoms with E-state index in [-0.39, 0.29) is 29.4 Å². The molecule has 2 N–H and O–H groups in total. The van der Waals surface area contributed by atoms with Crippen molar-refractivity contribution in [3.63, 3.8) is 0 Å². The smallest absolute Gasteiger partial charge is 0.233 e. The molecule has 0 unspecified atom stereocenters. The van der Waals surface area contributed by atoms with Crippen molar-refractivity contribution in [2.75, 3.05) is 39.5 Å². The van der Waals surface area contributed by atoms with Crippen LogP contribution in [0.3, 0.4) is 0 Å². The summed E-state index contributed by atoms with van der Waals surface area (Å²) >= 11 is 1.47. The summed E-state index contributed by atoms with van der Waals surface area (Å²) in [6.45, 7) is 1.83. The van der Waals surface area contributed by atoms with Gasteiger partial charge in [0, 0.05) is 13.0 Å². The molecule has 2 rings (SSSR count). The van der Waals surface area contributed by atoms with Gasteiger partial charge >= 0.3 is 0 Å². The van der Waals surface area contributed by atoms with Gasteiger partial charge in [-0.3, -0.25) is 9.59 Å². The number of quaternary nitrogens is 1. The van der Waals surface area contributed by atoms with E-state index in [4.69, 9.17) is 0 Å². The molecule has 0 aromatic heterocycles. The summed E-state index contributed by atoms with van der Waals surface area (Å²) < 4.78 is 13.4. The Bertz CT molecular complexity index is 568. The number of nitrogens with zero attached hydrogens (tertiary/aromatic N) is 1. The molecule has 0 bridgehead atoms. The van der Waals surface area contributed by atoms with E-state index >= 15 is 0 Å². The molecule has 1 aliphatic rings. The van der Waals surface area contributed by atoms with Gasteiger partial charge in [0.2, 0.25) is 11.8 Å². The van der Waals surface area contributed by atoms with Gasteiger partial charge in [-0.25, -0.2) is 4.39 Å². The molecule has 1 fully saturated rings. The predicted octanol–water partition coefficient (Wildman–Crippen LogP) is 0.0505. The summed E-state index contributed by atoms with van der Waals surface area (Å²) in [5, 5.41) is 2.64. The van der Waals surface area contributed by atoms with Crippen molar-refractivity contribution in [1.82, 2.24) is 10.2 Å². The average molecular weight is 340 g/mol. The van der Waals surface area contributed by atoms with E-state index < -0.39 is 0 Å². The van der Waals surface area contributed by atoms with Crippen molar-refractivity contribution < 1.29 is 18.9 Å². The number of carbonyl (C=O) groups is 2. The minimum Gasteiger partial charge on any atom is -0.350 e. The largest absolute Gasteiger partial charge is 0.350 e. The number of thioether (sulfide) groups is 1. The second-order valence-electron chi connectivity index (χ2n) is 5.86. The molecule has 1 heterocycles. The summed E-state index contributed by atoms with van der Waals surface area (Å²) in [7, 11) is 4.05. The van der Waals surface area contributed by atoms with Gasteiger partial charge in [0.15, 0.2) is 0 Å². The first-order chi connectivity index (χ1) is 11.0. The van der Waals surface area contributed by atoms with Crippen molar-refractivity contribution in [1.29, 1.82) is 0 Å². The van der Waals surface area contributed by atoms with Gasteiger partial charge in [0.25, 0.3) is 0 Å². The maximum atomic E-state index is 13.4. The first-order valence-electron chi connectivity index (χ1n) is 7.69. The molecule has 1 aromatic carbocycles. The van der Waals surface area contributed by atoms with Crippen molar-refractivity contribution in [2.24, 2.45) is 0 Å². The number of hydrogen-bond donors (Lipinski definition) is 2. The Morgan fingerprint density at radius 3 is 2.96 bits per heavy atom. The first-order valence-corrected chi connectivity index (χ1v) is 8.74. The van der Waals surface area contributed by atoms with Crippen molar-refractivity contribution >= 4 is 23.6 Å². The van der Waals surface area contributed by atoms with Gasteiger partial charge in [0.1, 0.15) is 11.2 Å². The zero-order chi connectivity index (χ0) is 16.8. The van der Waals surface area contributed by atoms with Crippen molar-refractivity contribution in [3.8, 4) is 0 Å².